The maximum Gasteiger partial charge on any atom is 0.331 e. The molecule has 0 aliphatic rings. The smallest absolute Gasteiger partial charge is 0.331 e. The van der Waals surface area contributed by atoms with Gasteiger partial charge in [-0.05, 0) is 56.2 Å². The highest BCUT2D eigenvalue weighted by molar-refractivity contribution is 5.97. The van der Waals surface area contributed by atoms with Crippen LogP contribution in [0.5, 0.6) is 11.5 Å². The summed E-state index contributed by atoms with van der Waals surface area (Å²) >= 11 is 0. The molecule has 0 saturated heterocycles. The lowest BCUT2D eigenvalue weighted by atomic mass is 10.1. The topological polar surface area (TPSA) is 73.9 Å². The summed E-state index contributed by atoms with van der Waals surface area (Å²) in [6.45, 7) is 5.41. The van der Waals surface area contributed by atoms with Crippen molar-refractivity contribution in [3.63, 3.8) is 0 Å². The van der Waals surface area contributed by atoms with Crippen LogP contribution in [0.3, 0.4) is 0 Å². The van der Waals surface area contributed by atoms with Crippen molar-refractivity contribution in [3.8, 4) is 11.5 Å². The largest absolute Gasteiger partial charge is 0.497 e. The van der Waals surface area contributed by atoms with Gasteiger partial charge >= 0.3 is 5.97 Å². The molecule has 6 nitrogen and oxygen atoms in total. The Morgan fingerprint density at radius 3 is 2.21 bits per heavy atom. The molecule has 0 saturated carbocycles. The van der Waals surface area contributed by atoms with Crippen molar-refractivity contribution < 1.29 is 23.8 Å². The standard InChI is InChI=1S/C22H25NO5/c1-14-6-8-20(15(2)10-14)23-22(25)16(3)28-21(24)9-7-17-11-18(26-4)13-19(12-17)27-5/h6-13,16H,1-5H3,(H,23,25)/b9-7+/t16-/m1/s1. The molecular weight excluding hydrogens is 358 g/mol. The molecule has 0 aliphatic heterocycles. The molecule has 0 aliphatic carbocycles. The first kappa shape index (κ1) is 21.0. The van der Waals surface area contributed by atoms with Crippen LogP contribution in [0, 0.1) is 13.8 Å². The highest BCUT2D eigenvalue weighted by Crippen LogP contribution is 2.23. The number of esters is 1. The molecule has 1 N–H and O–H groups in total. The van der Waals surface area contributed by atoms with Crippen LogP contribution in [0.15, 0.2) is 42.5 Å². The Kier molecular flexibility index (Phi) is 7.21. The molecule has 1 amide bonds. The molecule has 2 aromatic rings. The third kappa shape index (κ3) is 5.87. The van der Waals surface area contributed by atoms with E-state index in [1.54, 1.807) is 38.5 Å². The minimum absolute atomic E-state index is 0.392. The summed E-state index contributed by atoms with van der Waals surface area (Å²) in [5, 5.41) is 2.77. The monoisotopic (exact) mass is 383 g/mol. The highest BCUT2D eigenvalue weighted by Gasteiger charge is 2.17. The van der Waals surface area contributed by atoms with Crippen molar-refractivity contribution >= 4 is 23.6 Å². The van der Waals surface area contributed by atoms with Crippen molar-refractivity contribution in [1.82, 2.24) is 0 Å². The third-order valence-electron chi connectivity index (χ3n) is 4.09. The van der Waals surface area contributed by atoms with Gasteiger partial charge in [-0.15, -0.1) is 0 Å². The quantitative estimate of drug-likeness (QED) is 0.580. The van der Waals surface area contributed by atoms with Gasteiger partial charge in [0.1, 0.15) is 11.5 Å². The number of carbonyl (C=O) groups excluding carboxylic acids is 2. The van der Waals surface area contributed by atoms with Gasteiger partial charge < -0.3 is 19.5 Å². The Hall–Kier alpha value is -3.28. The Balaban J connectivity index is 1.98. The van der Waals surface area contributed by atoms with Crippen molar-refractivity contribution in [2.24, 2.45) is 0 Å². The van der Waals surface area contributed by atoms with Crippen LogP contribution in [0.2, 0.25) is 0 Å². The summed E-state index contributed by atoms with van der Waals surface area (Å²) < 4.78 is 15.6. The molecule has 0 spiro atoms. The number of ether oxygens (including phenoxy) is 3. The van der Waals surface area contributed by atoms with Gasteiger partial charge in [0.15, 0.2) is 6.10 Å². The molecule has 148 valence electrons. The molecule has 2 aromatic carbocycles. The number of hydrogen-bond donors (Lipinski definition) is 1. The second-order valence-electron chi connectivity index (χ2n) is 6.37. The molecule has 0 bridgehead atoms. The fourth-order valence-electron chi connectivity index (χ4n) is 2.55. The normalized spacial score (nSPS) is 11.8. The predicted octanol–water partition coefficient (Wildman–Crippen LogP) is 3.90. The Morgan fingerprint density at radius 2 is 1.64 bits per heavy atom. The van der Waals surface area contributed by atoms with Crippen LogP contribution in [0.1, 0.15) is 23.6 Å². The van der Waals surface area contributed by atoms with Gasteiger partial charge in [0.25, 0.3) is 5.91 Å². The SMILES string of the molecule is COc1cc(/C=C/C(=O)O[C@H](C)C(=O)Nc2ccc(C)cc2C)cc(OC)c1. The summed E-state index contributed by atoms with van der Waals surface area (Å²) in [6.07, 6.45) is 1.90. The number of methoxy groups -OCH3 is 2. The van der Waals surface area contributed by atoms with Crippen LogP contribution < -0.4 is 14.8 Å². The first-order chi connectivity index (χ1) is 13.3. The van der Waals surface area contributed by atoms with Crippen molar-refractivity contribution in [2.45, 2.75) is 26.9 Å². The third-order valence-corrected chi connectivity index (χ3v) is 4.09. The Labute approximate surface area is 165 Å². The van der Waals surface area contributed by atoms with Gasteiger partial charge in [0.2, 0.25) is 0 Å². The number of rotatable bonds is 7. The van der Waals surface area contributed by atoms with E-state index in [0.29, 0.717) is 22.7 Å². The van der Waals surface area contributed by atoms with Gasteiger partial charge in [-0.2, -0.15) is 0 Å². The molecule has 0 radical (unpaired) electrons. The molecule has 0 heterocycles. The van der Waals surface area contributed by atoms with Gasteiger partial charge in [-0.3, -0.25) is 4.79 Å². The minimum atomic E-state index is -0.933. The summed E-state index contributed by atoms with van der Waals surface area (Å²) in [5.41, 5.74) is 3.45. The molecule has 28 heavy (non-hydrogen) atoms. The zero-order chi connectivity index (χ0) is 20.7. The van der Waals surface area contributed by atoms with Gasteiger partial charge in [-0.25, -0.2) is 4.79 Å². The van der Waals surface area contributed by atoms with Crippen molar-refractivity contribution in [3.05, 3.63) is 59.2 Å². The van der Waals surface area contributed by atoms with E-state index in [-0.39, 0.29) is 0 Å². The van der Waals surface area contributed by atoms with E-state index in [1.165, 1.54) is 13.0 Å². The van der Waals surface area contributed by atoms with Crippen molar-refractivity contribution in [2.75, 3.05) is 19.5 Å². The number of aryl methyl sites for hydroxylation is 2. The number of carbonyl (C=O) groups is 2. The zero-order valence-electron chi connectivity index (χ0n) is 16.7. The van der Waals surface area contributed by atoms with E-state index < -0.39 is 18.0 Å². The molecule has 6 heteroatoms. The number of benzene rings is 2. The molecular formula is C22H25NO5. The Morgan fingerprint density at radius 1 is 1.00 bits per heavy atom. The summed E-state index contributed by atoms with van der Waals surface area (Å²) in [5.74, 6) is 0.198. The van der Waals surface area contributed by atoms with Crippen LogP contribution >= 0.6 is 0 Å². The van der Waals surface area contributed by atoms with E-state index in [9.17, 15) is 9.59 Å². The lowest BCUT2D eigenvalue weighted by Crippen LogP contribution is -2.29. The maximum atomic E-state index is 12.3. The predicted molar refractivity (Wildman–Crippen MR) is 109 cm³/mol. The first-order valence-electron chi connectivity index (χ1n) is 8.82. The molecule has 1 atom stereocenters. The van der Waals surface area contributed by atoms with Crippen LogP contribution in [0.4, 0.5) is 5.69 Å². The summed E-state index contributed by atoms with van der Waals surface area (Å²) in [7, 11) is 3.10. The summed E-state index contributed by atoms with van der Waals surface area (Å²) in [6, 6.07) is 10.9. The molecule has 2 rings (SSSR count). The highest BCUT2D eigenvalue weighted by atomic mass is 16.5. The average molecular weight is 383 g/mol. The van der Waals surface area contributed by atoms with Gasteiger partial charge in [-0.1, -0.05) is 17.7 Å². The van der Waals surface area contributed by atoms with Crippen LogP contribution in [0.25, 0.3) is 6.08 Å². The minimum Gasteiger partial charge on any atom is -0.497 e. The number of amides is 1. The molecule has 0 unspecified atom stereocenters. The second kappa shape index (κ2) is 9.60. The average Bonchev–Trinajstić information content (AvgIpc) is 2.68. The van der Waals surface area contributed by atoms with Gasteiger partial charge in [0, 0.05) is 17.8 Å². The first-order valence-corrected chi connectivity index (χ1v) is 8.82. The van der Waals surface area contributed by atoms with E-state index in [1.807, 2.05) is 32.0 Å². The Bertz CT molecular complexity index is 866. The number of anilines is 1. The van der Waals surface area contributed by atoms with Crippen LogP contribution in [-0.4, -0.2) is 32.2 Å². The number of hydrogen-bond acceptors (Lipinski definition) is 5. The second-order valence-corrected chi connectivity index (χ2v) is 6.37. The van der Waals surface area contributed by atoms with Crippen molar-refractivity contribution in [1.29, 1.82) is 0 Å². The van der Waals surface area contributed by atoms with Crippen LogP contribution in [-0.2, 0) is 14.3 Å². The lowest BCUT2D eigenvalue weighted by Gasteiger charge is -2.14. The van der Waals surface area contributed by atoms with E-state index >= 15 is 0 Å². The zero-order valence-corrected chi connectivity index (χ0v) is 16.7. The summed E-state index contributed by atoms with van der Waals surface area (Å²) in [4.78, 5) is 24.3. The van der Waals surface area contributed by atoms with Gasteiger partial charge in [0.05, 0.1) is 14.2 Å². The fraction of sp³-hybridized carbons (Fsp3) is 0.273. The number of nitrogens with one attached hydrogen (secondary N) is 1. The fourth-order valence-corrected chi connectivity index (χ4v) is 2.55. The van der Waals surface area contributed by atoms with E-state index in [2.05, 4.69) is 5.32 Å². The van der Waals surface area contributed by atoms with E-state index in [0.717, 1.165) is 11.1 Å². The van der Waals surface area contributed by atoms with E-state index in [4.69, 9.17) is 14.2 Å². The lowest BCUT2D eigenvalue weighted by molar-refractivity contribution is -0.148. The molecule has 0 fully saturated rings. The maximum absolute atomic E-state index is 12.3. The molecule has 0 aromatic heterocycles.